The Hall–Kier alpha value is -1.59. The van der Waals surface area contributed by atoms with Gasteiger partial charge >= 0.3 is 0 Å². The van der Waals surface area contributed by atoms with E-state index in [4.69, 9.17) is 4.74 Å². The van der Waals surface area contributed by atoms with Gasteiger partial charge < -0.3 is 15.2 Å². The zero-order valence-electron chi connectivity index (χ0n) is 16.2. The summed E-state index contributed by atoms with van der Waals surface area (Å²) in [5.74, 6) is 1.03. The molecular formula is C21H34N2O3. The topological polar surface area (TPSA) is 61.8 Å². The molecule has 5 nitrogen and oxygen atoms in total. The van der Waals surface area contributed by atoms with Crippen molar-refractivity contribution in [2.45, 2.75) is 58.6 Å². The highest BCUT2D eigenvalue weighted by atomic mass is 16.5. The second-order valence-corrected chi connectivity index (χ2v) is 7.39. The number of nitrogens with one attached hydrogen (secondary N) is 1. The number of carbonyl (C=O) groups is 1. The molecule has 5 heteroatoms. The molecule has 26 heavy (non-hydrogen) atoms. The highest BCUT2D eigenvalue weighted by Gasteiger charge is 2.32. The normalized spacial score (nSPS) is 16.1. The highest BCUT2D eigenvalue weighted by Crippen LogP contribution is 2.20. The van der Waals surface area contributed by atoms with Crippen LogP contribution in [0.3, 0.4) is 0 Å². The first kappa shape index (κ1) is 20.7. The molecule has 0 bridgehead atoms. The average molecular weight is 363 g/mol. The van der Waals surface area contributed by atoms with Crippen LogP contribution < -0.4 is 10.1 Å². The maximum Gasteiger partial charge on any atom is 0.225 e. The molecule has 2 N–H and O–H groups in total. The molecule has 1 aromatic rings. The van der Waals surface area contributed by atoms with E-state index in [1.807, 2.05) is 12.1 Å². The summed E-state index contributed by atoms with van der Waals surface area (Å²) in [4.78, 5) is 14.2. The molecule has 1 aromatic carbocycles. The summed E-state index contributed by atoms with van der Waals surface area (Å²) in [5, 5.41) is 12.0. The monoisotopic (exact) mass is 362 g/mol. The summed E-state index contributed by atoms with van der Waals surface area (Å²) in [5.41, 5.74) is 1.24. The van der Waals surface area contributed by atoms with Crippen LogP contribution in [0.1, 0.15) is 51.5 Å². The van der Waals surface area contributed by atoms with Gasteiger partial charge in [0.1, 0.15) is 5.75 Å². The smallest absolute Gasteiger partial charge is 0.225 e. The Labute approximate surface area is 157 Å². The van der Waals surface area contributed by atoms with Gasteiger partial charge in [0.2, 0.25) is 5.91 Å². The van der Waals surface area contributed by atoms with E-state index in [9.17, 15) is 9.90 Å². The van der Waals surface area contributed by atoms with Crippen molar-refractivity contribution in [3.8, 4) is 5.75 Å². The Balaban J connectivity index is 1.60. The third-order valence-corrected chi connectivity index (χ3v) is 4.75. The molecule has 0 aromatic heterocycles. The molecule has 0 spiro atoms. The van der Waals surface area contributed by atoms with Crippen LogP contribution in [0, 0.1) is 5.92 Å². The van der Waals surface area contributed by atoms with Crippen molar-refractivity contribution in [3.63, 3.8) is 0 Å². The lowest BCUT2D eigenvalue weighted by Gasteiger charge is -2.38. The minimum Gasteiger partial charge on any atom is -0.494 e. The van der Waals surface area contributed by atoms with Gasteiger partial charge in [-0.1, -0.05) is 44.7 Å². The van der Waals surface area contributed by atoms with E-state index in [-0.39, 0.29) is 11.8 Å². The molecular weight excluding hydrogens is 328 g/mol. The lowest BCUT2D eigenvalue weighted by molar-refractivity contribution is -0.130. The van der Waals surface area contributed by atoms with Crippen LogP contribution in [-0.4, -0.2) is 48.3 Å². The number of unbranched alkanes of at least 4 members (excludes halogenated alkanes) is 4. The fourth-order valence-electron chi connectivity index (χ4n) is 3.10. The van der Waals surface area contributed by atoms with Crippen LogP contribution in [0.2, 0.25) is 0 Å². The van der Waals surface area contributed by atoms with Crippen LogP contribution >= 0.6 is 0 Å². The molecule has 1 fully saturated rings. The summed E-state index contributed by atoms with van der Waals surface area (Å²) < 4.78 is 5.79. The molecule has 1 atom stereocenters. The third-order valence-electron chi connectivity index (χ3n) is 4.75. The number of rotatable bonds is 12. The molecule has 0 radical (unpaired) electrons. The second kappa shape index (κ2) is 11.2. The molecule has 0 unspecified atom stereocenters. The third kappa shape index (κ3) is 7.34. The van der Waals surface area contributed by atoms with Gasteiger partial charge in [0.05, 0.1) is 18.6 Å². The van der Waals surface area contributed by atoms with Gasteiger partial charge in [-0.25, -0.2) is 0 Å². The number of benzene rings is 1. The van der Waals surface area contributed by atoms with Gasteiger partial charge in [-0.05, 0) is 31.0 Å². The number of amides is 1. The largest absolute Gasteiger partial charge is 0.494 e. The SMILES string of the molecule is CCCCCCCOc1ccc(CN2CC(C(=O)NC[C@H](C)O)C2)cc1. The van der Waals surface area contributed by atoms with Crippen molar-refractivity contribution < 1.29 is 14.6 Å². The van der Waals surface area contributed by atoms with E-state index in [1.165, 1.54) is 31.2 Å². The van der Waals surface area contributed by atoms with E-state index in [0.717, 1.165) is 38.4 Å². The van der Waals surface area contributed by atoms with Crippen LogP contribution in [0.4, 0.5) is 0 Å². The molecule has 1 saturated heterocycles. The summed E-state index contributed by atoms with van der Waals surface area (Å²) in [6.07, 6.45) is 5.75. The number of nitrogens with zero attached hydrogens (tertiary/aromatic N) is 1. The minimum atomic E-state index is -0.493. The predicted molar refractivity (Wildman–Crippen MR) is 104 cm³/mol. The van der Waals surface area contributed by atoms with Gasteiger partial charge in [-0.2, -0.15) is 0 Å². The Morgan fingerprint density at radius 3 is 2.58 bits per heavy atom. The predicted octanol–water partition coefficient (Wildman–Crippen LogP) is 2.96. The molecule has 2 rings (SSSR count). The Bertz CT molecular complexity index is 525. The summed E-state index contributed by atoms with van der Waals surface area (Å²) in [6, 6.07) is 8.28. The van der Waals surface area contributed by atoms with E-state index >= 15 is 0 Å². The Morgan fingerprint density at radius 1 is 1.23 bits per heavy atom. The van der Waals surface area contributed by atoms with Crippen LogP contribution in [0.5, 0.6) is 5.75 Å². The van der Waals surface area contributed by atoms with E-state index in [1.54, 1.807) is 6.92 Å². The van der Waals surface area contributed by atoms with Crippen LogP contribution in [-0.2, 0) is 11.3 Å². The van der Waals surface area contributed by atoms with Gasteiger partial charge in [0.15, 0.2) is 0 Å². The molecule has 1 amide bonds. The lowest BCUT2D eigenvalue weighted by atomic mass is 9.98. The lowest BCUT2D eigenvalue weighted by Crippen LogP contribution is -2.53. The van der Waals surface area contributed by atoms with E-state index < -0.39 is 6.10 Å². The number of hydrogen-bond acceptors (Lipinski definition) is 4. The zero-order chi connectivity index (χ0) is 18.8. The summed E-state index contributed by atoms with van der Waals surface area (Å²) >= 11 is 0. The first-order valence-electron chi connectivity index (χ1n) is 9.98. The fraction of sp³-hybridized carbons (Fsp3) is 0.667. The number of aliphatic hydroxyl groups is 1. The molecule has 0 aliphatic carbocycles. The number of aliphatic hydroxyl groups excluding tert-OH is 1. The van der Waals surface area contributed by atoms with E-state index in [2.05, 4.69) is 29.3 Å². The first-order valence-corrected chi connectivity index (χ1v) is 9.98. The molecule has 146 valence electrons. The Kier molecular flexibility index (Phi) is 8.92. The van der Waals surface area contributed by atoms with Crippen molar-refractivity contribution >= 4 is 5.91 Å². The first-order chi connectivity index (χ1) is 12.6. The maximum atomic E-state index is 11.9. The quantitative estimate of drug-likeness (QED) is 0.561. The van der Waals surface area contributed by atoms with Crippen LogP contribution in [0.25, 0.3) is 0 Å². The standard InChI is InChI=1S/C21H34N2O3/c1-3-4-5-6-7-12-26-20-10-8-18(9-11-20)14-23-15-19(16-23)21(25)22-13-17(2)24/h8-11,17,19,24H,3-7,12-16H2,1-2H3,(H,22,25)/t17-/m0/s1. The van der Waals surface area contributed by atoms with Gasteiger partial charge in [-0.15, -0.1) is 0 Å². The molecule has 0 saturated carbocycles. The van der Waals surface area contributed by atoms with Crippen LogP contribution in [0.15, 0.2) is 24.3 Å². The number of hydrogen-bond donors (Lipinski definition) is 2. The fourth-order valence-corrected chi connectivity index (χ4v) is 3.10. The highest BCUT2D eigenvalue weighted by molar-refractivity contribution is 5.80. The summed E-state index contributed by atoms with van der Waals surface area (Å²) in [6.45, 7) is 7.44. The number of ether oxygens (including phenoxy) is 1. The Morgan fingerprint density at radius 2 is 1.92 bits per heavy atom. The minimum absolute atomic E-state index is 0.0454. The van der Waals surface area contributed by atoms with Crippen molar-refractivity contribution in [3.05, 3.63) is 29.8 Å². The maximum absolute atomic E-state index is 11.9. The number of likely N-dealkylation sites (tertiary alicyclic amines) is 1. The molecule has 1 aliphatic rings. The zero-order valence-corrected chi connectivity index (χ0v) is 16.2. The van der Waals surface area contributed by atoms with Gasteiger partial charge in [-0.3, -0.25) is 9.69 Å². The van der Waals surface area contributed by atoms with Gasteiger partial charge in [0.25, 0.3) is 0 Å². The van der Waals surface area contributed by atoms with Crippen molar-refractivity contribution in [1.82, 2.24) is 10.2 Å². The van der Waals surface area contributed by atoms with Crippen molar-refractivity contribution in [1.29, 1.82) is 0 Å². The molecule has 1 heterocycles. The second-order valence-electron chi connectivity index (χ2n) is 7.39. The molecule has 1 aliphatic heterocycles. The van der Waals surface area contributed by atoms with Crippen molar-refractivity contribution in [2.75, 3.05) is 26.2 Å². The number of carbonyl (C=O) groups excluding carboxylic acids is 1. The van der Waals surface area contributed by atoms with E-state index in [0.29, 0.717) is 6.54 Å². The van der Waals surface area contributed by atoms with Gasteiger partial charge in [0, 0.05) is 26.2 Å². The summed E-state index contributed by atoms with van der Waals surface area (Å²) in [7, 11) is 0. The average Bonchev–Trinajstić information content (AvgIpc) is 2.60. The van der Waals surface area contributed by atoms with Crippen molar-refractivity contribution in [2.24, 2.45) is 5.92 Å².